The Balaban J connectivity index is 1.67. The van der Waals surface area contributed by atoms with Crippen molar-refractivity contribution >= 4 is 67.9 Å². The Kier molecular flexibility index (Phi) is 8.28. The fourth-order valence-corrected chi connectivity index (χ4v) is 5.33. The zero-order valence-corrected chi connectivity index (χ0v) is 22.8. The lowest BCUT2D eigenvalue weighted by Crippen LogP contribution is -2.17. The van der Waals surface area contributed by atoms with Gasteiger partial charge in [0.05, 0.1) is 34.0 Å². The van der Waals surface area contributed by atoms with Crippen LogP contribution in [0.15, 0.2) is 89.8 Å². The van der Waals surface area contributed by atoms with Crippen molar-refractivity contribution in [1.29, 1.82) is 0 Å². The number of nitrogens with one attached hydrogen (secondary N) is 2. The molecular formula is C27H19Cl3N2O5S. The number of ketones is 1. The van der Waals surface area contributed by atoms with Crippen LogP contribution < -0.4 is 14.8 Å². The van der Waals surface area contributed by atoms with Crippen LogP contribution in [0.25, 0.3) is 0 Å². The number of hydrogen-bond acceptors (Lipinski definition) is 5. The largest absolute Gasteiger partial charge is 0.495 e. The summed E-state index contributed by atoms with van der Waals surface area (Å²) >= 11 is 18.1. The number of ether oxygens (including phenoxy) is 1. The number of carbonyl (C=O) groups is 2. The Bertz CT molecular complexity index is 1640. The first-order chi connectivity index (χ1) is 18.1. The summed E-state index contributed by atoms with van der Waals surface area (Å²) in [7, 11) is -2.84. The zero-order valence-electron chi connectivity index (χ0n) is 19.7. The molecule has 0 atom stereocenters. The predicted octanol–water partition coefficient (Wildman–Crippen LogP) is 6.94. The van der Waals surface area contributed by atoms with Gasteiger partial charge in [-0.1, -0.05) is 65.1 Å². The van der Waals surface area contributed by atoms with Crippen molar-refractivity contribution in [1.82, 2.24) is 0 Å². The number of methoxy groups -OCH3 is 1. The number of benzene rings is 4. The Labute approximate surface area is 234 Å². The molecule has 4 aromatic carbocycles. The third-order valence-corrected chi connectivity index (χ3v) is 7.56. The minimum Gasteiger partial charge on any atom is -0.495 e. The van der Waals surface area contributed by atoms with Gasteiger partial charge in [0.15, 0.2) is 5.78 Å². The summed E-state index contributed by atoms with van der Waals surface area (Å²) in [6, 6.07) is 21.0. The zero-order chi connectivity index (χ0) is 27.4. The van der Waals surface area contributed by atoms with Crippen molar-refractivity contribution in [3.8, 4) is 5.75 Å². The van der Waals surface area contributed by atoms with Crippen LogP contribution >= 0.6 is 34.8 Å². The molecule has 38 heavy (non-hydrogen) atoms. The van der Waals surface area contributed by atoms with Gasteiger partial charge in [-0.15, -0.1) is 0 Å². The van der Waals surface area contributed by atoms with E-state index in [2.05, 4.69) is 10.0 Å². The monoisotopic (exact) mass is 588 g/mol. The van der Waals surface area contributed by atoms with Gasteiger partial charge in [-0.2, -0.15) is 0 Å². The van der Waals surface area contributed by atoms with Gasteiger partial charge >= 0.3 is 0 Å². The molecule has 0 saturated carbocycles. The fourth-order valence-electron chi connectivity index (χ4n) is 3.56. The predicted molar refractivity (Wildman–Crippen MR) is 150 cm³/mol. The highest BCUT2D eigenvalue weighted by Gasteiger charge is 2.22. The average molecular weight is 590 g/mol. The molecule has 0 fully saturated rings. The molecular weight excluding hydrogens is 571 g/mol. The molecule has 0 bridgehead atoms. The van der Waals surface area contributed by atoms with Crippen molar-refractivity contribution in [2.24, 2.45) is 0 Å². The molecule has 0 aliphatic heterocycles. The van der Waals surface area contributed by atoms with Gasteiger partial charge in [-0.25, -0.2) is 8.42 Å². The van der Waals surface area contributed by atoms with Crippen LogP contribution in [-0.2, 0) is 10.0 Å². The Hall–Kier alpha value is -3.56. The molecule has 0 radical (unpaired) electrons. The standard InChI is InChI=1S/C27H19Cl3N2O5S/c1-37-25-12-9-19(15-24(25)31-27(34)20-10-7-18(29)14-22(20)30)38(35,36)32-23-11-8-17(28)13-21(23)26(33)16-5-3-2-4-6-16/h2-15,32H,1H3,(H,31,34). The van der Waals surface area contributed by atoms with Crippen molar-refractivity contribution in [3.63, 3.8) is 0 Å². The highest BCUT2D eigenvalue weighted by atomic mass is 35.5. The number of sulfonamides is 1. The van der Waals surface area contributed by atoms with Gasteiger partial charge in [0.1, 0.15) is 5.75 Å². The first-order valence-corrected chi connectivity index (χ1v) is 13.6. The molecule has 0 unspecified atom stereocenters. The number of hydrogen-bond donors (Lipinski definition) is 2. The molecule has 11 heteroatoms. The van der Waals surface area contributed by atoms with Crippen LogP contribution in [0.5, 0.6) is 5.75 Å². The van der Waals surface area contributed by atoms with E-state index in [1.54, 1.807) is 30.3 Å². The number of amides is 1. The van der Waals surface area contributed by atoms with Crippen LogP contribution in [0.1, 0.15) is 26.3 Å². The van der Waals surface area contributed by atoms with Crippen LogP contribution in [0.3, 0.4) is 0 Å². The van der Waals surface area contributed by atoms with Gasteiger partial charge in [-0.3, -0.25) is 14.3 Å². The summed E-state index contributed by atoms with van der Waals surface area (Å²) in [5.41, 5.74) is 0.702. The van der Waals surface area contributed by atoms with E-state index in [1.807, 2.05) is 0 Å². The van der Waals surface area contributed by atoms with E-state index in [4.69, 9.17) is 39.5 Å². The van der Waals surface area contributed by atoms with Crippen LogP contribution in [-0.4, -0.2) is 27.2 Å². The first-order valence-electron chi connectivity index (χ1n) is 11.0. The minimum atomic E-state index is -4.22. The van der Waals surface area contributed by atoms with Crippen LogP contribution in [0.4, 0.5) is 11.4 Å². The molecule has 0 heterocycles. The molecule has 4 rings (SSSR count). The molecule has 2 N–H and O–H groups in total. The average Bonchev–Trinajstić information content (AvgIpc) is 2.89. The van der Waals surface area contributed by atoms with E-state index in [9.17, 15) is 18.0 Å². The van der Waals surface area contributed by atoms with Gasteiger partial charge in [-0.05, 0) is 54.6 Å². The number of anilines is 2. The summed E-state index contributed by atoms with van der Waals surface area (Å²) < 4.78 is 34.4. The van der Waals surface area contributed by atoms with Crippen molar-refractivity contribution in [2.75, 3.05) is 17.1 Å². The van der Waals surface area contributed by atoms with Gasteiger partial charge in [0, 0.05) is 21.2 Å². The summed E-state index contributed by atoms with van der Waals surface area (Å²) in [6.45, 7) is 0. The smallest absolute Gasteiger partial charge is 0.261 e. The molecule has 0 saturated heterocycles. The minimum absolute atomic E-state index is 0.0394. The van der Waals surface area contributed by atoms with E-state index in [0.717, 1.165) is 0 Å². The van der Waals surface area contributed by atoms with Gasteiger partial charge < -0.3 is 10.1 Å². The second-order valence-electron chi connectivity index (χ2n) is 7.93. The van der Waals surface area contributed by atoms with Gasteiger partial charge in [0.25, 0.3) is 15.9 Å². The maximum Gasteiger partial charge on any atom is 0.261 e. The summed E-state index contributed by atoms with van der Waals surface area (Å²) in [6.07, 6.45) is 0. The summed E-state index contributed by atoms with van der Waals surface area (Å²) in [4.78, 5) is 25.8. The lowest BCUT2D eigenvalue weighted by Gasteiger charge is -2.15. The lowest BCUT2D eigenvalue weighted by atomic mass is 10.0. The normalized spacial score (nSPS) is 11.1. The quantitative estimate of drug-likeness (QED) is 0.217. The molecule has 1 amide bonds. The van der Waals surface area contributed by atoms with Crippen molar-refractivity contribution in [3.05, 3.63) is 117 Å². The Morgan fingerprint density at radius 3 is 2.13 bits per heavy atom. The lowest BCUT2D eigenvalue weighted by molar-refractivity contribution is 0.102. The van der Waals surface area contributed by atoms with E-state index in [-0.39, 0.29) is 43.2 Å². The van der Waals surface area contributed by atoms with E-state index in [0.29, 0.717) is 10.6 Å². The van der Waals surface area contributed by atoms with Crippen LogP contribution in [0, 0.1) is 0 Å². The Morgan fingerprint density at radius 1 is 0.763 bits per heavy atom. The SMILES string of the molecule is COc1ccc(S(=O)(=O)Nc2ccc(Cl)cc2C(=O)c2ccccc2)cc1NC(=O)c1ccc(Cl)cc1Cl. The summed E-state index contributed by atoms with van der Waals surface area (Å²) in [5.74, 6) is -0.789. The molecule has 0 aromatic heterocycles. The maximum atomic E-state index is 13.4. The van der Waals surface area contributed by atoms with E-state index >= 15 is 0 Å². The third-order valence-electron chi connectivity index (χ3n) is 5.41. The van der Waals surface area contributed by atoms with Gasteiger partial charge in [0.2, 0.25) is 0 Å². The summed E-state index contributed by atoms with van der Waals surface area (Å²) in [5, 5.41) is 3.36. The first kappa shape index (κ1) is 27.5. The molecule has 0 aliphatic carbocycles. The second-order valence-corrected chi connectivity index (χ2v) is 10.9. The van der Waals surface area contributed by atoms with Crippen molar-refractivity contribution in [2.45, 2.75) is 4.90 Å². The molecule has 7 nitrogen and oxygen atoms in total. The van der Waals surface area contributed by atoms with Crippen molar-refractivity contribution < 1.29 is 22.7 Å². The molecule has 4 aromatic rings. The Morgan fingerprint density at radius 2 is 1.45 bits per heavy atom. The van der Waals surface area contributed by atoms with E-state index < -0.39 is 21.7 Å². The number of halogens is 3. The van der Waals surface area contributed by atoms with Crippen LogP contribution in [0.2, 0.25) is 15.1 Å². The fraction of sp³-hybridized carbons (Fsp3) is 0.0370. The number of rotatable bonds is 8. The maximum absolute atomic E-state index is 13.4. The molecule has 0 spiro atoms. The molecule has 0 aliphatic rings. The van der Waals surface area contributed by atoms with E-state index in [1.165, 1.54) is 61.7 Å². The second kappa shape index (κ2) is 11.4. The topological polar surface area (TPSA) is 102 Å². The number of carbonyl (C=O) groups excluding carboxylic acids is 2. The highest BCUT2D eigenvalue weighted by Crippen LogP contribution is 2.31. The third kappa shape index (κ3) is 6.11. The molecule has 194 valence electrons. The highest BCUT2D eigenvalue weighted by molar-refractivity contribution is 7.92.